The highest BCUT2D eigenvalue weighted by molar-refractivity contribution is 4.84. The van der Waals surface area contributed by atoms with Crippen LogP contribution in [0.4, 0.5) is 0 Å². The minimum atomic E-state index is 0.759. The van der Waals surface area contributed by atoms with Gasteiger partial charge in [0.15, 0.2) is 0 Å². The van der Waals surface area contributed by atoms with Gasteiger partial charge >= 0.3 is 0 Å². The molecule has 0 bridgehead atoms. The first-order valence-electron chi connectivity index (χ1n) is 6.76. The van der Waals surface area contributed by atoms with Crippen molar-refractivity contribution in [3.05, 3.63) is 0 Å². The van der Waals surface area contributed by atoms with Gasteiger partial charge in [-0.05, 0) is 49.9 Å². The van der Waals surface area contributed by atoms with E-state index in [2.05, 4.69) is 20.8 Å². The summed E-state index contributed by atoms with van der Waals surface area (Å²) in [6.07, 6.45) is 13.2. The third kappa shape index (κ3) is 3.00. The van der Waals surface area contributed by atoms with Gasteiger partial charge in [-0.15, -0.1) is 0 Å². The molecule has 0 saturated heterocycles. The summed E-state index contributed by atoms with van der Waals surface area (Å²) in [4.78, 5) is 0. The summed E-state index contributed by atoms with van der Waals surface area (Å²) in [6.45, 7) is 7.06. The van der Waals surface area contributed by atoms with Crippen molar-refractivity contribution in [2.45, 2.75) is 78.6 Å². The summed E-state index contributed by atoms with van der Waals surface area (Å²) in [5.74, 6) is 1.05. The first kappa shape index (κ1) is 12.1. The first-order valence-corrected chi connectivity index (χ1v) is 6.76. The maximum atomic E-state index is 2.36. The van der Waals surface area contributed by atoms with Crippen LogP contribution in [0.5, 0.6) is 0 Å². The molecule has 0 atom stereocenters. The molecule has 0 N–H and O–H groups in total. The highest BCUT2D eigenvalue weighted by atomic mass is 14.4. The van der Waals surface area contributed by atoms with E-state index in [0.717, 1.165) is 11.3 Å². The highest BCUT2D eigenvalue weighted by Crippen LogP contribution is 2.46. The topological polar surface area (TPSA) is 0 Å². The van der Waals surface area contributed by atoms with Gasteiger partial charge in [0, 0.05) is 0 Å². The van der Waals surface area contributed by atoms with Crippen LogP contribution in [-0.2, 0) is 0 Å². The highest BCUT2D eigenvalue weighted by Gasteiger charge is 2.32. The summed E-state index contributed by atoms with van der Waals surface area (Å²) in [5.41, 5.74) is 0.759. The van der Waals surface area contributed by atoms with Gasteiger partial charge in [-0.2, -0.15) is 0 Å². The van der Waals surface area contributed by atoms with Crippen molar-refractivity contribution >= 4 is 0 Å². The quantitative estimate of drug-likeness (QED) is 0.569. The molecule has 0 aromatic rings. The molecule has 1 aliphatic carbocycles. The minimum Gasteiger partial charge on any atom is -0.0654 e. The van der Waals surface area contributed by atoms with Gasteiger partial charge in [0.25, 0.3) is 0 Å². The second-order valence-corrected chi connectivity index (χ2v) is 5.35. The molecule has 0 aromatic heterocycles. The van der Waals surface area contributed by atoms with Gasteiger partial charge in [0.1, 0.15) is 0 Å². The van der Waals surface area contributed by atoms with Gasteiger partial charge in [0.2, 0.25) is 0 Å². The second kappa shape index (κ2) is 5.78. The molecule has 84 valence electrons. The Morgan fingerprint density at radius 1 is 0.929 bits per heavy atom. The Kier molecular flexibility index (Phi) is 4.98. The second-order valence-electron chi connectivity index (χ2n) is 5.35. The Morgan fingerprint density at radius 2 is 1.43 bits per heavy atom. The van der Waals surface area contributed by atoms with Gasteiger partial charge in [-0.3, -0.25) is 0 Å². The fourth-order valence-electron chi connectivity index (χ4n) is 3.38. The lowest BCUT2D eigenvalue weighted by Gasteiger charge is -2.40. The molecule has 1 fully saturated rings. The van der Waals surface area contributed by atoms with E-state index in [4.69, 9.17) is 0 Å². The molecule has 1 rings (SSSR count). The van der Waals surface area contributed by atoms with Crippen LogP contribution < -0.4 is 0 Å². The van der Waals surface area contributed by atoms with Crippen molar-refractivity contribution < 1.29 is 0 Å². The summed E-state index contributed by atoms with van der Waals surface area (Å²) in [6, 6.07) is 0. The van der Waals surface area contributed by atoms with E-state index >= 15 is 0 Å². The molecule has 0 radical (unpaired) electrons. The lowest BCUT2D eigenvalue weighted by Crippen LogP contribution is -2.27. The van der Waals surface area contributed by atoms with Crippen LogP contribution in [0.15, 0.2) is 0 Å². The molecule has 0 nitrogen and oxygen atoms in total. The van der Waals surface area contributed by atoms with Crippen molar-refractivity contribution in [3.63, 3.8) is 0 Å². The first-order chi connectivity index (χ1) is 6.76. The third-order valence-corrected chi connectivity index (χ3v) is 4.30. The fraction of sp³-hybridized carbons (Fsp3) is 1.00. The normalized spacial score (nSPS) is 22.5. The molecule has 0 unspecified atom stereocenters. The van der Waals surface area contributed by atoms with E-state index in [-0.39, 0.29) is 0 Å². The Bertz CT molecular complexity index is 132. The smallest absolute Gasteiger partial charge is 0.0297 e. The van der Waals surface area contributed by atoms with Crippen molar-refractivity contribution in [1.82, 2.24) is 0 Å². The Balaban J connectivity index is 2.45. The zero-order valence-corrected chi connectivity index (χ0v) is 10.4. The molecular formula is C14H28. The van der Waals surface area contributed by atoms with E-state index in [1.54, 1.807) is 0 Å². The molecule has 1 aliphatic rings. The van der Waals surface area contributed by atoms with Gasteiger partial charge in [-0.25, -0.2) is 0 Å². The molecule has 0 heterocycles. The van der Waals surface area contributed by atoms with Gasteiger partial charge in [0.05, 0.1) is 0 Å². The Labute approximate surface area is 90.5 Å². The van der Waals surface area contributed by atoms with Crippen LogP contribution in [-0.4, -0.2) is 0 Å². The van der Waals surface area contributed by atoms with Gasteiger partial charge < -0.3 is 0 Å². The maximum Gasteiger partial charge on any atom is -0.0297 e. The molecule has 0 spiro atoms. The predicted octanol–water partition coefficient (Wildman–Crippen LogP) is 5.17. The van der Waals surface area contributed by atoms with E-state index < -0.39 is 0 Å². The van der Waals surface area contributed by atoms with Crippen molar-refractivity contribution in [2.75, 3.05) is 0 Å². The average molecular weight is 196 g/mol. The largest absolute Gasteiger partial charge is 0.0654 e. The lowest BCUT2D eigenvalue weighted by molar-refractivity contribution is 0.120. The van der Waals surface area contributed by atoms with Crippen molar-refractivity contribution in [3.8, 4) is 0 Å². The summed E-state index contributed by atoms with van der Waals surface area (Å²) < 4.78 is 0. The maximum absolute atomic E-state index is 2.36. The van der Waals surface area contributed by atoms with Crippen LogP contribution >= 0.6 is 0 Å². The van der Waals surface area contributed by atoms with E-state index in [9.17, 15) is 0 Å². The predicted molar refractivity (Wildman–Crippen MR) is 64.5 cm³/mol. The molecular weight excluding hydrogens is 168 g/mol. The van der Waals surface area contributed by atoms with E-state index in [1.807, 2.05) is 0 Å². The number of hydrogen-bond acceptors (Lipinski definition) is 0. The van der Waals surface area contributed by atoms with E-state index in [0.29, 0.717) is 0 Å². The fourth-order valence-corrected chi connectivity index (χ4v) is 3.38. The van der Waals surface area contributed by atoms with Crippen LogP contribution in [0.1, 0.15) is 78.6 Å². The van der Waals surface area contributed by atoms with Crippen LogP contribution in [0.3, 0.4) is 0 Å². The zero-order valence-electron chi connectivity index (χ0n) is 10.4. The standard InChI is InChI=1S/C14H28/c1-4-9-14(10-5-2)11-7-13(6-3)8-12-14/h13H,4-12H2,1-3H3. The van der Waals surface area contributed by atoms with Gasteiger partial charge in [-0.1, -0.05) is 40.0 Å². The van der Waals surface area contributed by atoms with E-state index in [1.165, 1.54) is 57.8 Å². The Hall–Kier alpha value is 0. The molecule has 0 amide bonds. The summed E-state index contributed by atoms with van der Waals surface area (Å²) in [5, 5.41) is 0. The monoisotopic (exact) mass is 196 g/mol. The van der Waals surface area contributed by atoms with Crippen molar-refractivity contribution in [2.24, 2.45) is 11.3 Å². The zero-order chi connectivity index (χ0) is 10.4. The minimum absolute atomic E-state index is 0.759. The molecule has 0 heteroatoms. The SMILES string of the molecule is CCCC1(CCC)CCC(CC)CC1. The summed E-state index contributed by atoms with van der Waals surface area (Å²) in [7, 11) is 0. The molecule has 0 aromatic carbocycles. The third-order valence-electron chi connectivity index (χ3n) is 4.30. The van der Waals surface area contributed by atoms with Crippen molar-refractivity contribution in [1.29, 1.82) is 0 Å². The lowest BCUT2D eigenvalue weighted by atomic mass is 9.65. The average Bonchev–Trinajstić information content (AvgIpc) is 2.20. The molecule has 0 aliphatic heterocycles. The Morgan fingerprint density at radius 3 is 1.79 bits per heavy atom. The van der Waals surface area contributed by atoms with Crippen LogP contribution in [0.2, 0.25) is 0 Å². The van der Waals surface area contributed by atoms with Crippen LogP contribution in [0.25, 0.3) is 0 Å². The summed E-state index contributed by atoms with van der Waals surface area (Å²) >= 11 is 0. The molecule has 14 heavy (non-hydrogen) atoms. The number of hydrogen-bond donors (Lipinski definition) is 0. The number of rotatable bonds is 5. The molecule has 1 saturated carbocycles. The van der Waals surface area contributed by atoms with Crippen LogP contribution in [0, 0.1) is 11.3 Å².